The molecule has 3 heterocycles. The maximum absolute atomic E-state index is 12.7. The number of hydrogen-bond donors (Lipinski definition) is 1. The molecule has 1 aromatic heterocycles. The number of para-hydroxylation sites is 1. The summed E-state index contributed by atoms with van der Waals surface area (Å²) in [6.07, 6.45) is 0. The number of rotatable bonds is 4. The number of quaternary nitrogens is 1. The van der Waals surface area contributed by atoms with Gasteiger partial charge >= 0.3 is 0 Å². The first kappa shape index (κ1) is 18.5. The van der Waals surface area contributed by atoms with Gasteiger partial charge in [-0.05, 0) is 19.1 Å². The van der Waals surface area contributed by atoms with Crippen molar-refractivity contribution in [2.24, 2.45) is 0 Å². The van der Waals surface area contributed by atoms with Crippen LogP contribution in [0.25, 0.3) is 0 Å². The number of piperazine rings is 1. The Balaban J connectivity index is 1.46. The molecular formula is C19H23N4O2S2+. The average molecular weight is 404 g/mol. The molecule has 27 heavy (non-hydrogen) atoms. The number of hydrogen-bond acceptors (Lipinski definition) is 5. The van der Waals surface area contributed by atoms with Gasteiger partial charge in [-0.3, -0.25) is 9.59 Å². The quantitative estimate of drug-likeness (QED) is 0.832. The van der Waals surface area contributed by atoms with E-state index in [1.807, 2.05) is 34.5 Å². The predicted octanol–water partition coefficient (Wildman–Crippen LogP) is 1.14. The molecule has 1 N–H and O–H groups in total. The first-order valence-electron chi connectivity index (χ1n) is 9.25. The van der Waals surface area contributed by atoms with Gasteiger partial charge in [0.15, 0.2) is 0 Å². The van der Waals surface area contributed by atoms with Crippen LogP contribution >= 0.6 is 23.1 Å². The van der Waals surface area contributed by atoms with Gasteiger partial charge in [0, 0.05) is 10.3 Å². The third-order valence-corrected chi connectivity index (χ3v) is 7.01. The summed E-state index contributed by atoms with van der Waals surface area (Å²) in [5.74, 6) is 0.534. The van der Waals surface area contributed by atoms with E-state index in [1.54, 1.807) is 16.7 Å². The van der Waals surface area contributed by atoms with Crippen molar-refractivity contribution in [3.05, 3.63) is 40.3 Å². The minimum atomic E-state index is 0.00794. The Labute approximate surface area is 167 Å². The van der Waals surface area contributed by atoms with Crippen molar-refractivity contribution >= 4 is 40.6 Å². The van der Waals surface area contributed by atoms with Gasteiger partial charge in [0.05, 0.1) is 50.7 Å². The Bertz CT molecular complexity index is 846. The molecule has 1 fully saturated rings. The molecule has 2 amide bonds. The van der Waals surface area contributed by atoms with Gasteiger partial charge < -0.3 is 14.7 Å². The minimum absolute atomic E-state index is 0.00794. The molecule has 0 unspecified atom stereocenters. The lowest BCUT2D eigenvalue weighted by molar-refractivity contribution is -0.902. The molecule has 2 aliphatic rings. The van der Waals surface area contributed by atoms with Crippen LogP contribution in [0.3, 0.4) is 0 Å². The van der Waals surface area contributed by atoms with E-state index < -0.39 is 0 Å². The van der Waals surface area contributed by atoms with Crippen LogP contribution in [-0.2, 0) is 11.3 Å². The minimum Gasteiger partial charge on any atom is -0.332 e. The molecule has 0 aliphatic carbocycles. The Morgan fingerprint density at radius 1 is 1.26 bits per heavy atom. The van der Waals surface area contributed by atoms with Crippen LogP contribution in [0.5, 0.6) is 0 Å². The van der Waals surface area contributed by atoms with E-state index in [-0.39, 0.29) is 11.8 Å². The molecule has 142 valence electrons. The number of likely N-dealkylation sites (N-methyl/N-ethyl adjacent to an activating group) is 1. The third kappa shape index (κ3) is 3.88. The van der Waals surface area contributed by atoms with Crippen LogP contribution in [0.15, 0.2) is 34.5 Å². The zero-order valence-electron chi connectivity index (χ0n) is 15.3. The molecule has 2 aliphatic heterocycles. The summed E-state index contributed by atoms with van der Waals surface area (Å²) in [4.78, 5) is 36.0. The predicted molar refractivity (Wildman–Crippen MR) is 108 cm³/mol. The Hall–Kier alpha value is -1.90. The van der Waals surface area contributed by atoms with Crippen LogP contribution < -0.4 is 9.80 Å². The molecular weight excluding hydrogens is 380 g/mol. The topological polar surface area (TPSA) is 58.0 Å². The van der Waals surface area contributed by atoms with E-state index in [4.69, 9.17) is 0 Å². The number of thioether (sulfide) groups is 1. The summed E-state index contributed by atoms with van der Waals surface area (Å²) in [6, 6.07) is 7.93. The molecule has 0 atom stereocenters. The van der Waals surface area contributed by atoms with Crippen molar-refractivity contribution < 1.29 is 14.5 Å². The first-order chi connectivity index (χ1) is 13.2. The second-order valence-electron chi connectivity index (χ2n) is 6.76. The lowest BCUT2D eigenvalue weighted by Gasteiger charge is -2.31. The summed E-state index contributed by atoms with van der Waals surface area (Å²) in [7, 11) is 0. The first-order valence-corrected chi connectivity index (χ1v) is 11.1. The van der Waals surface area contributed by atoms with Crippen LogP contribution in [-0.4, -0.2) is 60.2 Å². The lowest BCUT2D eigenvalue weighted by atomic mass is 10.2. The highest BCUT2D eigenvalue weighted by Crippen LogP contribution is 2.36. The summed E-state index contributed by atoms with van der Waals surface area (Å²) in [5.41, 5.74) is 1.43. The standard InChI is InChI=1S/C19H22N4O2S2/c1-2-21-7-9-22(10-8-21)19(25)14-12-27-17(20-14)11-23-15-5-3-4-6-16(15)26-13-18(23)24/h3-6,12H,2,7-11,13H2,1H3/p+1. The van der Waals surface area contributed by atoms with Gasteiger partial charge in [0.25, 0.3) is 5.91 Å². The molecule has 1 aromatic carbocycles. The number of fused-ring (bicyclic) bond motifs is 1. The molecule has 0 radical (unpaired) electrons. The van der Waals surface area contributed by atoms with E-state index in [1.165, 1.54) is 16.2 Å². The van der Waals surface area contributed by atoms with Crippen molar-refractivity contribution in [2.75, 3.05) is 43.4 Å². The smallest absolute Gasteiger partial charge is 0.273 e. The fourth-order valence-electron chi connectivity index (χ4n) is 3.49. The molecule has 8 heteroatoms. The number of thiazole rings is 1. The van der Waals surface area contributed by atoms with Gasteiger partial charge in [0.2, 0.25) is 5.91 Å². The summed E-state index contributed by atoms with van der Waals surface area (Å²) in [5, 5.41) is 2.62. The van der Waals surface area contributed by atoms with Crippen molar-refractivity contribution in [1.29, 1.82) is 0 Å². The summed E-state index contributed by atoms with van der Waals surface area (Å²) in [6.45, 7) is 7.26. The van der Waals surface area contributed by atoms with Gasteiger partial charge in [-0.2, -0.15) is 0 Å². The van der Waals surface area contributed by atoms with Gasteiger partial charge in [-0.25, -0.2) is 4.98 Å². The van der Waals surface area contributed by atoms with E-state index >= 15 is 0 Å². The van der Waals surface area contributed by atoms with Crippen molar-refractivity contribution in [1.82, 2.24) is 9.88 Å². The molecule has 1 saturated heterocycles. The molecule has 6 nitrogen and oxygen atoms in total. The number of nitrogens with zero attached hydrogens (tertiary/aromatic N) is 3. The zero-order chi connectivity index (χ0) is 18.8. The fraction of sp³-hybridized carbons (Fsp3) is 0.421. The van der Waals surface area contributed by atoms with E-state index in [0.717, 1.165) is 48.3 Å². The van der Waals surface area contributed by atoms with Gasteiger partial charge in [-0.1, -0.05) is 12.1 Å². The lowest BCUT2D eigenvalue weighted by Crippen LogP contribution is -3.14. The Kier molecular flexibility index (Phi) is 5.47. The van der Waals surface area contributed by atoms with Crippen molar-refractivity contribution in [3.63, 3.8) is 0 Å². The highest BCUT2D eigenvalue weighted by molar-refractivity contribution is 8.00. The summed E-state index contributed by atoms with van der Waals surface area (Å²) < 4.78 is 0. The largest absolute Gasteiger partial charge is 0.332 e. The normalized spacial score (nSPS) is 17.9. The van der Waals surface area contributed by atoms with E-state index in [0.29, 0.717) is 18.0 Å². The maximum atomic E-state index is 12.7. The Morgan fingerprint density at radius 3 is 2.81 bits per heavy atom. The van der Waals surface area contributed by atoms with Gasteiger partial charge in [-0.15, -0.1) is 23.1 Å². The number of anilines is 1. The van der Waals surface area contributed by atoms with E-state index in [9.17, 15) is 9.59 Å². The SMILES string of the molecule is CC[NH+]1CCN(C(=O)c2csc(CN3C(=O)CSc4ccccc43)n2)CC1. The number of amides is 2. The van der Waals surface area contributed by atoms with Crippen molar-refractivity contribution in [2.45, 2.75) is 18.4 Å². The Morgan fingerprint density at radius 2 is 2.04 bits per heavy atom. The molecule has 0 saturated carbocycles. The monoisotopic (exact) mass is 403 g/mol. The van der Waals surface area contributed by atoms with Crippen molar-refractivity contribution in [3.8, 4) is 0 Å². The zero-order valence-corrected chi connectivity index (χ0v) is 16.9. The summed E-state index contributed by atoms with van der Waals surface area (Å²) >= 11 is 3.02. The van der Waals surface area contributed by atoms with Crippen LogP contribution in [0.2, 0.25) is 0 Å². The highest BCUT2D eigenvalue weighted by Gasteiger charge is 2.27. The van der Waals surface area contributed by atoms with Crippen LogP contribution in [0.4, 0.5) is 5.69 Å². The number of nitrogens with one attached hydrogen (secondary N) is 1. The second kappa shape index (κ2) is 8.00. The average Bonchev–Trinajstić information content (AvgIpc) is 3.18. The molecule has 4 rings (SSSR count). The second-order valence-corrected chi connectivity index (χ2v) is 8.72. The number of benzene rings is 1. The fourth-order valence-corrected chi connectivity index (χ4v) is 5.18. The molecule has 0 spiro atoms. The van der Waals surface area contributed by atoms with Crippen LogP contribution in [0.1, 0.15) is 22.4 Å². The van der Waals surface area contributed by atoms with Gasteiger partial charge in [0.1, 0.15) is 10.7 Å². The van der Waals surface area contributed by atoms with Crippen LogP contribution in [0, 0.1) is 0 Å². The van der Waals surface area contributed by atoms with E-state index in [2.05, 4.69) is 11.9 Å². The molecule has 0 bridgehead atoms. The number of aromatic nitrogens is 1. The third-order valence-electron chi connectivity index (χ3n) is 5.13. The number of carbonyl (C=O) groups is 2. The molecule has 2 aromatic rings. The number of carbonyl (C=O) groups excluding carboxylic acids is 2. The highest BCUT2D eigenvalue weighted by atomic mass is 32.2. The maximum Gasteiger partial charge on any atom is 0.273 e.